The minimum atomic E-state index is -0.0590. The Morgan fingerprint density at radius 1 is 1.50 bits per heavy atom. The van der Waals surface area contributed by atoms with E-state index in [0.717, 1.165) is 25.5 Å². The van der Waals surface area contributed by atoms with E-state index in [1.165, 1.54) is 0 Å². The SMILES string of the molecule is CCOC(=O)[C@H]1CCC(C)(C)[C@@H]([C@H](C)CC=O)C1. The molecule has 0 aliphatic heterocycles. The summed E-state index contributed by atoms with van der Waals surface area (Å²) in [7, 11) is 0. The van der Waals surface area contributed by atoms with Crippen LogP contribution in [0.2, 0.25) is 0 Å². The van der Waals surface area contributed by atoms with Crippen molar-refractivity contribution in [2.24, 2.45) is 23.2 Å². The molecule has 1 rings (SSSR count). The fraction of sp³-hybridized carbons (Fsp3) is 0.867. The predicted molar refractivity (Wildman–Crippen MR) is 71.1 cm³/mol. The molecule has 1 aliphatic carbocycles. The third kappa shape index (κ3) is 3.56. The highest BCUT2D eigenvalue weighted by Crippen LogP contribution is 2.47. The Morgan fingerprint density at radius 3 is 2.72 bits per heavy atom. The summed E-state index contributed by atoms with van der Waals surface area (Å²) in [5.74, 6) is 0.731. The summed E-state index contributed by atoms with van der Waals surface area (Å²) in [6, 6.07) is 0. The first-order valence-electron chi connectivity index (χ1n) is 7.02. The zero-order valence-corrected chi connectivity index (χ0v) is 12.1. The Hall–Kier alpha value is -0.860. The molecule has 0 radical (unpaired) electrons. The molecule has 0 spiro atoms. The van der Waals surface area contributed by atoms with Crippen LogP contribution in [0.3, 0.4) is 0 Å². The standard InChI is InChI=1S/C15H26O3/c1-5-18-14(17)12-6-8-15(3,4)13(10-12)11(2)7-9-16/h9,11-13H,5-8,10H2,1-4H3/t11-,12+,13-/m1/s1. The molecule has 3 nitrogen and oxygen atoms in total. The lowest BCUT2D eigenvalue weighted by Crippen LogP contribution is -2.38. The zero-order valence-electron chi connectivity index (χ0n) is 12.1. The predicted octanol–water partition coefficient (Wildman–Crippen LogP) is 3.22. The fourth-order valence-electron chi connectivity index (χ4n) is 3.27. The number of aldehydes is 1. The van der Waals surface area contributed by atoms with Gasteiger partial charge in [0.05, 0.1) is 12.5 Å². The lowest BCUT2D eigenvalue weighted by molar-refractivity contribution is -0.151. The minimum absolute atomic E-state index is 0.0251. The summed E-state index contributed by atoms with van der Waals surface area (Å²) in [5, 5.41) is 0. The Kier molecular flexibility index (Phi) is 5.36. The van der Waals surface area contributed by atoms with Gasteiger partial charge in [-0.25, -0.2) is 0 Å². The molecule has 0 aromatic rings. The van der Waals surface area contributed by atoms with Gasteiger partial charge in [0, 0.05) is 6.42 Å². The molecule has 0 saturated heterocycles. The molecule has 18 heavy (non-hydrogen) atoms. The first kappa shape index (κ1) is 15.2. The first-order valence-corrected chi connectivity index (χ1v) is 7.02. The van der Waals surface area contributed by atoms with Crippen molar-refractivity contribution in [3.8, 4) is 0 Å². The lowest BCUT2D eigenvalue weighted by atomic mass is 9.61. The molecule has 1 fully saturated rings. The number of rotatable bonds is 5. The summed E-state index contributed by atoms with van der Waals surface area (Å²) >= 11 is 0. The second-order valence-corrected chi connectivity index (χ2v) is 6.20. The van der Waals surface area contributed by atoms with Crippen molar-refractivity contribution >= 4 is 12.3 Å². The molecule has 0 bridgehead atoms. The van der Waals surface area contributed by atoms with Crippen molar-refractivity contribution in [2.75, 3.05) is 6.61 Å². The maximum atomic E-state index is 11.8. The largest absolute Gasteiger partial charge is 0.466 e. The lowest BCUT2D eigenvalue weighted by Gasteiger charge is -2.44. The van der Waals surface area contributed by atoms with Gasteiger partial charge in [-0.05, 0) is 43.4 Å². The van der Waals surface area contributed by atoms with Gasteiger partial charge in [-0.15, -0.1) is 0 Å². The average Bonchev–Trinajstić information content (AvgIpc) is 2.29. The average molecular weight is 254 g/mol. The molecule has 3 atom stereocenters. The topological polar surface area (TPSA) is 43.4 Å². The van der Waals surface area contributed by atoms with Crippen molar-refractivity contribution < 1.29 is 14.3 Å². The van der Waals surface area contributed by atoms with Gasteiger partial charge in [0.1, 0.15) is 6.29 Å². The third-order valence-corrected chi connectivity index (χ3v) is 4.45. The van der Waals surface area contributed by atoms with E-state index < -0.39 is 0 Å². The molecule has 0 aromatic carbocycles. The van der Waals surface area contributed by atoms with Crippen LogP contribution in [0.4, 0.5) is 0 Å². The summed E-state index contributed by atoms with van der Waals surface area (Å²) in [6.45, 7) is 8.92. The first-order chi connectivity index (χ1) is 8.42. The Morgan fingerprint density at radius 2 is 2.17 bits per heavy atom. The van der Waals surface area contributed by atoms with Crippen LogP contribution in [-0.2, 0) is 14.3 Å². The quantitative estimate of drug-likeness (QED) is 0.559. The van der Waals surface area contributed by atoms with Gasteiger partial charge in [-0.3, -0.25) is 4.79 Å². The normalized spacial score (nSPS) is 28.4. The van der Waals surface area contributed by atoms with Gasteiger partial charge in [-0.2, -0.15) is 0 Å². The van der Waals surface area contributed by atoms with Gasteiger partial charge in [0.15, 0.2) is 0 Å². The van der Waals surface area contributed by atoms with Crippen molar-refractivity contribution in [2.45, 2.75) is 53.4 Å². The summed E-state index contributed by atoms with van der Waals surface area (Å²) in [6.07, 6.45) is 4.39. The van der Waals surface area contributed by atoms with E-state index in [1.807, 2.05) is 6.92 Å². The van der Waals surface area contributed by atoms with E-state index in [4.69, 9.17) is 4.74 Å². The summed E-state index contributed by atoms with van der Waals surface area (Å²) in [4.78, 5) is 22.5. The molecule has 0 heterocycles. The van der Waals surface area contributed by atoms with Crippen LogP contribution in [-0.4, -0.2) is 18.9 Å². The number of esters is 1. The fourth-order valence-corrected chi connectivity index (χ4v) is 3.27. The van der Waals surface area contributed by atoms with Crippen LogP contribution < -0.4 is 0 Å². The smallest absolute Gasteiger partial charge is 0.308 e. The van der Waals surface area contributed by atoms with Crippen molar-refractivity contribution in [3.63, 3.8) is 0 Å². The van der Waals surface area contributed by atoms with Crippen LogP contribution in [0, 0.1) is 23.2 Å². The number of ether oxygens (including phenoxy) is 1. The second kappa shape index (κ2) is 6.35. The maximum absolute atomic E-state index is 11.8. The molecule has 0 amide bonds. The van der Waals surface area contributed by atoms with Crippen LogP contribution in [0.1, 0.15) is 53.4 Å². The van der Waals surface area contributed by atoms with Crippen molar-refractivity contribution in [1.82, 2.24) is 0 Å². The molecule has 3 heteroatoms. The molecule has 1 aliphatic rings. The van der Waals surface area contributed by atoms with Gasteiger partial charge in [0.2, 0.25) is 0 Å². The van der Waals surface area contributed by atoms with E-state index in [9.17, 15) is 9.59 Å². The van der Waals surface area contributed by atoms with E-state index >= 15 is 0 Å². The molecule has 0 unspecified atom stereocenters. The van der Waals surface area contributed by atoms with E-state index in [2.05, 4.69) is 20.8 Å². The monoisotopic (exact) mass is 254 g/mol. The minimum Gasteiger partial charge on any atom is -0.466 e. The third-order valence-electron chi connectivity index (χ3n) is 4.45. The highest BCUT2D eigenvalue weighted by molar-refractivity contribution is 5.72. The van der Waals surface area contributed by atoms with E-state index in [-0.39, 0.29) is 17.3 Å². The van der Waals surface area contributed by atoms with E-state index in [0.29, 0.717) is 24.9 Å². The van der Waals surface area contributed by atoms with Gasteiger partial charge in [-0.1, -0.05) is 20.8 Å². The van der Waals surface area contributed by atoms with Crippen LogP contribution >= 0.6 is 0 Å². The second-order valence-electron chi connectivity index (χ2n) is 6.20. The highest BCUT2D eigenvalue weighted by atomic mass is 16.5. The number of hydrogen-bond donors (Lipinski definition) is 0. The summed E-state index contributed by atoms with van der Waals surface area (Å²) in [5.41, 5.74) is 0.214. The van der Waals surface area contributed by atoms with Crippen molar-refractivity contribution in [1.29, 1.82) is 0 Å². The highest BCUT2D eigenvalue weighted by Gasteiger charge is 2.41. The van der Waals surface area contributed by atoms with Gasteiger partial charge in [0.25, 0.3) is 0 Å². The van der Waals surface area contributed by atoms with Gasteiger partial charge >= 0.3 is 5.97 Å². The molecule has 0 N–H and O–H groups in total. The number of carbonyl (C=O) groups is 2. The number of hydrogen-bond acceptors (Lipinski definition) is 3. The van der Waals surface area contributed by atoms with Crippen molar-refractivity contribution in [3.05, 3.63) is 0 Å². The Labute approximate surface area is 110 Å². The zero-order chi connectivity index (χ0) is 13.8. The Balaban J connectivity index is 2.72. The molecule has 0 aromatic heterocycles. The molecule has 1 saturated carbocycles. The van der Waals surface area contributed by atoms with Crippen LogP contribution in [0.5, 0.6) is 0 Å². The molecular weight excluding hydrogens is 228 g/mol. The molecule has 104 valence electrons. The van der Waals surface area contributed by atoms with Crippen LogP contribution in [0.15, 0.2) is 0 Å². The van der Waals surface area contributed by atoms with Gasteiger partial charge < -0.3 is 9.53 Å². The van der Waals surface area contributed by atoms with Crippen LogP contribution in [0.25, 0.3) is 0 Å². The van der Waals surface area contributed by atoms with E-state index in [1.54, 1.807) is 0 Å². The maximum Gasteiger partial charge on any atom is 0.308 e. The molecular formula is C15H26O3. The Bertz CT molecular complexity index is 296. The summed E-state index contributed by atoms with van der Waals surface area (Å²) < 4.78 is 5.13. The number of carbonyl (C=O) groups excluding carboxylic acids is 2.